The Morgan fingerprint density at radius 3 is 2.73 bits per heavy atom. The van der Waals surface area contributed by atoms with Crippen LogP contribution in [0.4, 0.5) is 0 Å². The molecule has 0 atom stereocenters. The monoisotopic (exact) mass is 306 g/mol. The average molecular weight is 306 g/mol. The lowest BCUT2D eigenvalue weighted by Crippen LogP contribution is -1.97. The topological polar surface area (TPSA) is 43.1 Å². The zero-order valence-electron chi connectivity index (χ0n) is 12.3. The molecule has 0 bridgehead atoms. The van der Waals surface area contributed by atoms with Gasteiger partial charge in [0, 0.05) is 4.88 Å². The molecule has 1 aromatic carbocycles. The summed E-state index contributed by atoms with van der Waals surface area (Å²) in [6, 6.07) is 10.2. The summed E-state index contributed by atoms with van der Waals surface area (Å²) < 4.78 is 1.81. The standard InChI is InChI=1S/C17H14N4S/c1-11-12(2)22-17-15(11)16-18-10-19-21(16)14(20-17)9-8-13-6-4-3-5-7-13/h3-10H,1-2H3/b9-8+. The number of hydrogen-bond acceptors (Lipinski definition) is 4. The Bertz CT molecular complexity index is 996. The van der Waals surface area contributed by atoms with E-state index in [2.05, 4.69) is 36.1 Å². The number of aromatic nitrogens is 4. The van der Waals surface area contributed by atoms with Crippen molar-refractivity contribution in [3.63, 3.8) is 0 Å². The lowest BCUT2D eigenvalue weighted by molar-refractivity contribution is 0.919. The molecular weight excluding hydrogens is 292 g/mol. The van der Waals surface area contributed by atoms with E-state index in [4.69, 9.17) is 4.98 Å². The highest BCUT2D eigenvalue weighted by Gasteiger charge is 2.14. The van der Waals surface area contributed by atoms with E-state index in [1.165, 1.54) is 10.4 Å². The number of thiophene rings is 1. The van der Waals surface area contributed by atoms with Gasteiger partial charge in [0.15, 0.2) is 11.5 Å². The first-order valence-corrected chi connectivity index (χ1v) is 7.88. The number of aryl methyl sites for hydroxylation is 2. The van der Waals surface area contributed by atoms with Crippen LogP contribution in [0.1, 0.15) is 21.8 Å². The molecule has 0 spiro atoms. The second kappa shape index (κ2) is 5.03. The second-order valence-corrected chi connectivity index (χ2v) is 6.38. The SMILES string of the molecule is Cc1sc2nc(/C=C/c3ccccc3)n3ncnc3c2c1C. The van der Waals surface area contributed by atoms with Crippen molar-refractivity contribution in [1.82, 2.24) is 19.6 Å². The third-order valence-corrected chi connectivity index (χ3v) is 4.90. The van der Waals surface area contributed by atoms with Gasteiger partial charge in [0.25, 0.3) is 0 Å². The van der Waals surface area contributed by atoms with Crippen LogP contribution in [0.15, 0.2) is 36.7 Å². The van der Waals surface area contributed by atoms with E-state index in [-0.39, 0.29) is 0 Å². The molecule has 0 unspecified atom stereocenters. The first-order chi connectivity index (χ1) is 10.7. The Hall–Kier alpha value is -2.53. The Morgan fingerprint density at radius 2 is 1.91 bits per heavy atom. The molecular formula is C17H14N4S. The van der Waals surface area contributed by atoms with Crippen LogP contribution in [0.5, 0.6) is 0 Å². The fraction of sp³-hybridized carbons (Fsp3) is 0.118. The fourth-order valence-electron chi connectivity index (χ4n) is 2.52. The molecule has 0 N–H and O–H groups in total. The summed E-state index contributed by atoms with van der Waals surface area (Å²) in [5.74, 6) is 0.796. The van der Waals surface area contributed by atoms with Gasteiger partial charge < -0.3 is 0 Å². The number of rotatable bonds is 2. The van der Waals surface area contributed by atoms with Crippen LogP contribution in [0, 0.1) is 13.8 Å². The predicted molar refractivity (Wildman–Crippen MR) is 91.0 cm³/mol. The molecule has 0 aliphatic heterocycles. The largest absolute Gasteiger partial charge is 0.218 e. The molecule has 0 saturated heterocycles. The molecule has 0 fully saturated rings. The van der Waals surface area contributed by atoms with Gasteiger partial charge in [0.05, 0.1) is 5.39 Å². The molecule has 4 nitrogen and oxygen atoms in total. The third-order valence-electron chi connectivity index (χ3n) is 3.80. The Morgan fingerprint density at radius 1 is 1.09 bits per heavy atom. The molecule has 5 heteroatoms. The van der Waals surface area contributed by atoms with Crippen LogP contribution in [-0.4, -0.2) is 19.6 Å². The van der Waals surface area contributed by atoms with E-state index in [1.807, 2.05) is 30.4 Å². The summed E-state index contributed by atoms with van der Waals surface area (Å²) in [6.45, 7) is 4.23. The van der Waals surface area contributed by atoms with Crippen LogP contribution in [0.2, 0.25) is 0 Å². The molecule has 0 aliphatic carbocycles. The molecule has 4 rings (SSSR count). The minimum atomic E-state index is 0.796. The van der Waals surface area contributed by atoms with E-state index in [0.717, 1.165) is 27.3 Å². The molecule has 3 heterocycles. The smallest absolute Gasteiger partial charge is 0.168 e. The number of fused-ring (bicyclic) bond motifs is 3. The summed E-state index contributed by atoms with van der Waals surface area (Å²) in [5.41, 5.74) is 3.25. The molecule has 3 aromatic heterocycles. The third kappa shape index (κ3) is 2.02. The maximum absolute atomic E-state index is 4.76. The number of nitrogens with zero attached hydrogens (tertiary/aromatic N) is 4. The van der Waals surface area contributed by atoms with Crippen molar-refractivity contribution >= 4 is 39.4 Å². The van der Waals surface area contributed by atoms with E-state index in [9.17, 15) is 0 Å². The summed E-state index contributed by atoms with van der Waals surface area (Å²) in [6.07, 6.45) is 5.62. The molecule has 22 heavy (non-hydrogen) atoms. The zero-order chi connectivity index (χ0) is 15.1. The summed E-state index contributed by atoms with van der Waals surface area (Å²) in [4.78, 5) is 11.5. The van der Waals surface area contributed by atoms with Gasteiger partial charge in [-0.15, -0.1) is 11.3 Å². The van der Waals surface area contributed by atoms with Gasteiger partial charge in [0.1, 0.15) is 11.2 Å². The first kappa shape index (κ1) is 13.2. The quantitative estimate of drug-likeness (QED) is 0.559. The van der Waals surface area contributed by atoms with Crippen LogP contribution >= 0.6 is 11.3 Å². The molecule has 0 amide bonds. The van der Waals surface area contributed by atoms with Crippen molar-refractivity contribution in [1.29, 1.82) is 0 Å². The van der Waals surface area contributed by atoms with E-state index in [1.54, 1.807) is 22.2 Å². The van der Waals surface area contributed by atoms with E-state index < -0.39 is 0 Å². The highest BCUT2D eigenvalue weighted by molar-refractivity contribution is 7.18. The second-order valence-electron chi connectivity index (χ2n) is 5.17. The van der Waals surface area contributed by atoms with Gasteiger partial charge in [-0.25, -0.2) is 9.97 Å². The normalized spacial score (nSPS) is 11.9. The highest BCUT2D eigenvalue weighted by atomic mass is 32.1. The van der Waals surface area contributed by atoms with Crippen LogP contribution in [-0.2, 0) is 0 Å². The number of hydrogen-bond donors (Lipinski definition) is 0. The maximum Gasteiger partial charge on any atom is 0.168 e. The maximum atomic E-state index is 4.76. The Labute approximate surface area is 131 Å². The fourth-order valence-corrected chi connectivity index (χ4v) is 3.56. The van der Waals surface area contributed by atoms with Crippen molar-refractivity contribution in [2.75, 3.05) is 0 Å². The van der Waals surface area contributed by atoms with Crippen LogP contribution in [0.3, 0.4) is 0 Å². The van der Waals surface area contributed by atoms with E-state index >= 15 is 0 Å². The molecule has 0 radical (unpaired) electrons. The van der Waals surface area contributed by atoms with Gasteiger partial charge in [-0.05, 0) is 31.1 Å². The van der Waals surface area contributed by atoms with Gasteiger partial charge in [-0.2, -0.15) is 9.61 Å². The summed E-state index contributed by atoms with van der Waals surface area (Å²) in [7, 11) is 0. The van der Waals surface area contributed by atoms with Crippen molar-refractivity contribution in [2.45, 2.75) is 13.8 Å². The van der Waals surface area contributed by atoms with Crippen LogP contribution < -0.4 is 0 Å². The Balaban J connectivity index is 1.93. The summed E-state index contributed by atoms with van der Waals surface area (Å²) >= 11 is 1.71. The lowest BCUT2D eigenvalue weighted by atomic mass is 10.2. The van der Waals surface area contributed by atoms with Gasteiger partial charge in [0.2, 0.25) is 0 Å². The first-order valence-electron chi connectivity index (χ1n) is 7.06. The Kier molecular flexibility index (Phi) is 3.01. The average Bonchev–Trinajstić information content (AvgIpc) is 3.11. The minimum Gasteiger partial charge on any atom is -0.218 e. The van der Waals surface area contributed by atoms with E-state index in [0.29, 0.717) is 0 Å². The zero-order valence-corrected chi connectivity index (χ0v) is 13.1. The molecule has 0 aliphatic rings. The van der Waals surface area contributed by atoms with Gasteiger partial charge in [-0.3, -0.25) is 0 Å². The van der Waals surface area contributed by atoms with Crippen molar-refractivity contribution < 1.29 is 0 Å². The highest BCUT2D eigenvalue weighted by Crippen LogP contribution is 2.31. The molecule has 108 valence electrons. The van der Waals surface area contributed by atoms with Gasteiger partial charge >= 0.3 is 0 Å². The van der Waals surface area contributed by atoms with Crippen molar-refractivity contribution in [3.05, 3.63) is 58.5 Å². The molecule has 4 aromatic rings. The summed E-state index contributed by atoms with van der Waals surface area (Å²) in [5, 5.41) is 5.44. The van der Waals surface area contributed by atoms with Gasteiger partial charge in [-0.1, -0.05) is 36.4 Å². The number of benzene rings is 1. The lowest BCUT2D eigenvalue weighted by Gasteiger charge is -2.00. The molecule has 0 saturated carbocycles. The minimum absolute atomic E-state index is 0.796. The predicted octanol–water partition coefficient (Wildman–Crippen LogP) is 4.13. The van der Waals surface area contributed by atoms with Crippen molar-refractivity contribution in [3.8, 4) is 0 Å². The van der Waals surface area contributed by atoms with Crippen LogP contribution in [0.25, 0.3) is 28.0 Å². The van der Waals surface area contributed by atoms with Crippen molar-refractivity contribution in [2.24, 2.45) is 0 Å².